The molecule has 0 aliphatic heterocycles. The molecule has 0 unspecified atom stereocenters. The van der Waals surface area contributed by atoms with Gasteiger partial charge in [-0.25, -0.2) is 18.7 Å². The maximum absolute atomic E-state index is 12.6. The fraction of sp³-hybridized carbons (Fsp3) is 0.231. The van der Waals surface area contributed by atoms with E-state index in [-0.39, 0.29) is 42.2 Å². The molecule has 0 radical (unpaired) electrons. The van der Waals surface area contributed by atoms with Gasteiger partial charge in [0.2, 0.25) is 0 Å². The minimum atomic E-state index is -3.08. The summed E-state index contributed by atoms with van der Waals surface area (Å²) >= 11 is 0. The molecule has 0 spiro atoms. The highest BCUT2D eigenvalue weighted by molar-refractivity contribution is 7.53. The first-order valence-electron chi connectivity index (χ1n) is 22.4. The van der Waals surface area contributed by atoms with Gasteiger partial charge in [0.1, 0.15) is 43.6 Å². The Morgan fingerprint density at radius 3 is 1.61 bits per heavy atom. The Hall–Kier alpha value is -7.79. The summed E-state index contributed by atoms with van der Waals surface area (Å²) in [4.78, 5) is 29.7. The van der Waals surface area contributed by atoms with Crippen LogP contribution in [0.3, 0.4) is 0 Å². The van der Waals surface area contributed by atoms with Crippen LogP contribution >= 0.6 is 7.60 Å². The minimum Gasteiger partial charge on any atom is -0.493 e. The number of non-ortho nitro benzene ring substituents is 2. The summed E-state index contributed by atoms with van der Waals surface area (Å²) in [5.41, 5.74) is 10.3. The van der Waals surface area contributed by atoms with Gasteiger partial charge in [-0.3, -0.25) is 24.8 Å². The molecule has 370 valence electrons. The summed E-state index contributed by atoms with van der Waals surface area (Å²) in [6.45, 7) is 6.84. The van der Waals surface area contributed by atoms with Crippen LogP contribution in [0.5, 0.6) is 17.2 Å². The predicted molar refractivity (Wildman–Crippen MR) is 270 cm³/mol. The SMILES string of the molecule is CCOP(=O)(Cc1ccc(-c2cn3cc(C)ccc3n2)cc1)OCC.COc1ccc([N+](=O)[O-])cc1OCCF.Cc1ccc2nc(-c3ccc(/C=C/c4ccc([N+](=O)[O-])cc4OCCF)cc3)cn2c1. The van der Waals surface area contributed by atoms with Crippen LogP contribution in [0, 0.1) is 34.1 Å². The maximum Gasteiger partial charge on any atom is 0.335 e. The minimum absolute atomic E-state index is 0.0991. The molecule has 16 nitrogen and oxygen atoms in total. The third kappa shape index (κ3) is 14.6. The molecule has 4 aromatic heterocycles. The molecule has 71 heavy (non-hydrogen) atoms. The topological polar surface area (TPSA) is 184 Å². The van der Waals surface area contributed by atoms with Crippen molar-refractivity contribution in [1.82, 2.24) is 18.8 Å². The molecule has 19 heteroatoms. The summed E-state index contributed by atoms with van der Waals surface area (Å²) in [5, 5.41) is 21.5. The Balaban J connectivity index is 0.000000185. The smallest absolute Gasteiger partial charge is 0.335 e. The van der Waals surface area contributed by atoms with E-state index in [2.05, 4.69) is 23.1 Å². The maximum atomic E-state index is 12.6. The van der Waals surface area contributed by atoms with E-state index in [1.807, 2.05) is 127 Å². The molecule has 0 amide bonds. The van der Waals surface area contributed by atoms with Gasteiger partial charge in [-0.1, -0.05) is 72.8 Å². The number of hydrogen-bond acceptors (Lipinski definition) is 12. The Bertz CT molecular complexity index is 3130. The number of rotatable bonds is 19. The number of methoxy groups -OCH3 is 1. The summed E-state index contributed by atoms with van der Waals surface area (Å²) in [6, 6.07) is 32.1. The third-order valence-electron chi connectivity index (χ3n) is 10.4. The number of nitro groups is 2. The van der Waals surface area contributed by atoms with Crippen LogP contribution in [-0.4, -0.2) is 75.5 Å². The van der Waals surface area contributed by atoms with Crippen LogP contribution < -0.4 is 14.2 Å². The van der Waals surface area contributed by atoms with Crippen molar-refractivity contribution in [2.24, 2.45) is 0 Å². The van der Waals surface area contributed by atoms with E-state index in [0.29, 0.717) is 24.5 Å². The second-order valence-corrected chi connectivity index (χ2v) is 17.7. The van der Waals surface area contributed by atoms with Gasteiger partial charge in [0.25, 0.3) is 11.4 Å². The molecule has 8 aromatic rings. The first kappa shape index (κ1) is 52.6. The molecular weight excluding hydrogens is 938 g/mol. The number of halogens is 2. The number of pyridine rings is 2. The number of ether oxygens (including phenoxy) is 3. The Morgan fingerprint density at radius 1 is 0.620 bits per heavy atom. The van der Waals surface area contributed by atoms with Crippen LogP contribution in [0.25, 0.3) is 46.0 Å². The lowest BCUT2D eigenvalue weighted by Gasteiger charge is -2.17. The summed E-state index contributed by atoms with van der Waals surface area (Å²) < 4.78 is 67.0. The van der Waals surface area contributed by atoms with E-state index in [4.69, 9.17) is 23.3 Å². The molecule has 8 rings (SSSR count). The number of alkyl halides is 2. The zero-order valence-corrected chi connectivity index (χ0v) is 40.7. The van der Waals surface area contributed by atoms with Gasteiger partial charge in [-0.15, -0.1) is 0 Å². The lowest BCUT2D eigenvalue weighted by Crippen LogP contribution is -2.01. The lowest BCUT2D eigenvalue weighted by molar-refractivity contribution is -0.385. The highest BCUT2D eigenvalue weighted by Gasteiger charge is 2.24. The van der Waals surface area contributed by atoms with E-state index in [9.17, 15) is 33.6 Å². The number of nitrogens with zero attached hydrogens (tertiary/aromatic N) is 6. The molecule has 0 aliphatic carbocycles. The molecule has 0 saturated carbocycles. The summed E-state index contributed by atoms with van der Waals surface area (Å²) in [5.74, 6) is 0.790. The zero-order chi connectivity index (χ0) is 50.9. The zero-order valence-electron chi connectivity index (χ0n) is 39.8. The highest BCUT2D eigenvalue weighted by atomic mass is 31.2. The second-order valence-electron chi connectivity index (χ2n) is 15.6. The second kappa shape index (κ2) is 25.2. The average Bonchev–Trinajstić information content (AvgIpc) is 3.99. The summed E-state index contributed by atoms with van der Waals surface area (Å²) in [6.07, 6.45) is 12.1. The number of imidazole rings is 2. The molecule has 0 N–H and O–H groups in total. The fourth-order valence-corrected chi connectivity index (χ4v) is 8.75. The standard InChI is InChI=1S/C24H20FN3O3.C19H23N2O3P.C9H10FNO4/c1-17-2-11-24-26-22(16-27(24)15-17)19-6-3-18(4-7-19)5-8-20-9-10-21(28(29)30)14-23(20)31-13-12-25;1-4-23-25(22,24-5-2)14-16-7-9-17(10-8-16)18-13-21-12-15(3)6-11-19(21)20-18;1-14-8-3-2-7(11(12)13)6-9(8)15-5-4-10/h2-11,14-16H,12-13H2,1H3;6-13H,4-5,14H2,1-3H3;2-3,6H,4-5H2,1H3/b8-5+;;. The van der Waals surface area contributed by atoms with Crippen molar-refractivity contribution in [3.63, 3.8) is 0 Å². The van der Waals surface area contributed by atoms with Gasteiger partial charge in [0.15, 0.2) is 11.5 Å². The van der Waals surface area contributed by atoms with Crippen LogP contribution in [-0.2, 0) is 19.8 Å². The van der Waals surface area contributed by atoms with Crippen LogP contribution in [0.2, 0.25) is 0 Å². The number of nitro benzene ring substituents is 2. The van der Waals surface area contributed by atoms with Crippen molar-refractivity contribution >= 4 is 42.4 Å². The van der Waals surface area contributed by atoms with Crippen molar-refractivity contribution in [2.45, 2.75) is 33.9 Å². The van der Waals surface area contributed by atoms with E-state index in [0.717, 1.165) is 50.5 Å². The summed E-state index contributed by atoms with van der Waals surface area (Å²) in [7, 11) is -1.67. The van der Waals surface area contributed by atoms with Gasteiger partial charge < -0.3 is 32.1 Å². The Morgan fingerprint density at radius 2 is 1.11 bits per heavy atom. The van der Waals surface area contributed by atoms with Crippen molar-refractivity contribution in [1.29, 1.82) is 0 Å². The molecule has 0 fully saturated rings. The third-order valence-corrected chi connectivity index (χ3v) is 12.4. The van der Waals surface area contributed by atoms with Crippen molar-refractivity contribution < 1.29 is 46.5 Å². The van der Waals surface area contributed by atoms with Gasteiger partial charge in [0, 0.05) is 53.6 Å². The molecule has 0 aliphatic rings. The lowest BCUT2D eigenvalue weighted by atomic mass is 10.1. The van der Waals surface area contributed by atoms with E-state index >= 15 is 0 Å². The first-order valence-corrected chi connectivity index (χ1v) is 24.1. The number of hydrogen-bond donors (Lipinski definition) is 0. The molecule has 4 aromatic carbocycles. The fourth-order valence-electron chi connectivity index (χ4n) is 7.05. The largest absolute Gasteiger partial charge is 0.493 e. The monoisotopic (exact) mass is 990 g/mol. The normalized spacial score (nSPS) is 11.2. The Kier molecular flexibility index (Phi) is 18.6. The van der Waals surface area contributed by atoms with E-state index in [1.54, 1.807) is 12.1 Å². The number of fused-ring (bicyclic) bond motifs is 2. The molecule has 0 bridgehead atoms. The van der Waals surface area contributed by atoms with Gasteiger partial charge in [-0.05, 0) is 74.2 Å². The highest BCUT2D eigenvalue weighted by Crippen LogP contribution is 2.51. The van der Waals surface area contributed by atoms with Crippen LogP contribution in [0.15, 0.2) is 134 Å². The quantitative estimate of drug-likeness (QED) is 0.0324. The number of aromatic nitrogens is 4. The number of aryl methyl sites for hydroxylation is 2. The van der Waals surface area contributed by atoms with Crippen molar-refractivity contribution in [3.8, 4) is 39.8 Å². The average molecular weight is 991 g/mol. The first-order chi connectivity index (χ1) is 34.2. The van der Waals surface area contributed by atoms with Crippen LogP contribution in [0.1, 0.15) is 41.7 Å². The van der Waals surface area contributed by atoms with Crippen molar-refractivity contribution in [3.05, 3.63) is 182 Å². The van der Waals surface area contributed by atoms with Gasteiger partial charge in [0.05, 0.1) is 59.9 Å². The molecule has 0 atom stereocenters. The predicted octanol–water partition coefficient (Wildman–Crippen LogP) is 12.8. The van der Waals surface area contributed by atoms with Gasteiger partial charge >= 0.3 is 7.60 Å². The Labute approximate surface area is 408 Å². The van der Waals surface area contributed by atoms with Crippen LogP contribution in [0.4, 0.5) is 20.2 Å². The molecule has 0 saturated heterocycles. The number of benzene rings is 4. The molecule has 4 heterocycles. The van der Waals surface area contributed by atoms with Crippen molar-refractivity contribution in [2.75, 3.05) is 46.9 Å². The van der Waals surface area contributed by atoms with E-state index < -0.39 is 30.8 Å². The molecular formula is C52H53F2N6O10P. The van der Waals surface area contributed by atoms with Gasteiger partial charge in [-0.2, -0.15) is 0 Å². The van der Waals surface area contributed by atoms with E-state index in [1.165, 1.54) is 43.0 Å².